The minimum Gasteiger partial charge on any atom is -0.308 e. The zero-order valence-electron chi connectivity index (χ0n) is 11.2. The van der Waals surface area contributed by atoms with Gasteiger partial charge in [-0.1, -0.05) is 6.92 Å². The number of thiazole rings is 1. The summed E-state index contributed by atoms with van der Waals surface area (Å²) in [5.74, 6) is 0. The molecule has 2 aromatic rings. The summed E-state index contributed by atoms with van der Waals surface area (Å²) in [6.07, 6.45) is 3.82. The molecule has 19 heavy (non-hydrogen) atoms. The molecule has 1 N–H and O–H groups in total. The van der Waals surface area contributed by atoms with Crippen LogP contribution < -0.4 is 5.32 Å². The molecule has 2 rings (SSSR count). The van der Waals surface area contributed by atoms with Crippen LogP contribution >= 0.6 is 27.3 Å². The Morgan fingerprint density at radius 1 is 1.47 bits per heavy atom. The highest BCUT2D eigenvalue weighted by molar-refractivity contribution is 9.10. The van der Waals surface area contributed by atoms with Gasteiger partial charge in [-0.2, -0.15) is 0 Å². The van der Waals surface area contributed by atoms with E-state index in [1.807, 2.05) is 25.3 Å². The van der Waals surface area contributed by atoms with E-state index in [1.54, 1.807) is 11.3 Å². The lowest BCUT2D eigenvalue weighted by atomic mass is 10.1. The van der Waals surface area contributed by atoms with Crippen molar-refractivity contribution < 1.29 is 0 Å². The van der Waals surface area contributed by atoms with Crippen LogP contribution in [0.4, 0.5) is 0 Å². The SMILES string of the molecule is CCCNC(Cc1csc(C)n1)c1ncccc1Br. The van der Waals surface area contributed by atoms with E-state index in [-0.39, 0.29) is 6.04 Å². The van der Waals surface area contributed by atoms with Gasteiger partial charge in [0.2, 0.25) is 0 Å². The van der Waals surface area contributed by atoms with Gasteiger partial charge in [-0.3, -0.25) is 4.98 Å². The van der Waals surface area contributed by atoms with Crippen molar-refractivity contribution in [3.8, 4) is 0 Å². The van der Waals surface area contributed by atoms with Crippen molar-refractivity contribution in [1.29, 1.82) is 0 Å². The summed E-state index contributed by atoms with van der Waals surface area (Å²) in [6, 6.07) is 4.18. The standard InChI is InChI=1S/C14H18BrN3S/c1-3-6-16-13(8-11-9-19-10(2)18-11)14-12(15)5-4-7-17-14/h4-5,7,9,13,16H,3,6,8H2,1-2H3. The third-order valence-corrected chi connectivity index (χ3v) is 4.33. The third-order valence-electron chi connectivity index (χ3n) is 2.84. The zero-order valence-corrected chi connectivity index (χ0v) is 13.6. The third kappa shape index (κ3) is 4.09. The number of rotatable bonds is 6. The number of hydrogen-bond donors (Lipinski definition) is 1. The molecule has 0 bridgehead atoms. The van der Waals surface area contributed by atoms with E-state index < -0.39 is 0 Å². The molecule has 0 fully saturated rings. The van der Waals surface area contributed by atoms with E-state index in [2.05, 4.69) is 43.5 Å². The predicted octanol–water partition coefficient (Wildman–Crippen LogP) is 3.89. The molecular weight excluding hydrogens is 322 g/mol. The number of hydrogen-bond acceptors (Lipinski definition) is 4. The van der Waals surface area contributed by atoms with Gasteiger partial charge >= 0.3 is 0 Å². The molecule has 102 valence electrons. The van der Waals surface area contributed by atoms with E-state index >= 15 is 0 Å². The van der Waals surface area contributed by atoms with Gasteiger partial charge in [0, 0.05) is 22.5 Å². The van der Waals surface area contributed by atoms with Crippen LogP contribution in [0.2, 0.25) is 0 Å². The van der Waals surface area contributed by atoms with Crippen molar-refractivity contribution >= 4 is 27.3 Å². The molecule has 1 atom stereocenters. The highest BCUT2D eigenvalue weighted by Gasteiger charge is 2.17. The first-order chi connectivity index (χ1) is 9.20. The maximum absolute atomic E-state index is 4.55. The fourth-order valence-electron chi connectivity index (χ4n) is 1.95. The molecule has 0 aliphatic heterocycles. The summed E-state index contributed by atoms with van der Waals surface area (Å²) in [6.45, 7) is 5.20. The van der Waals surface area contributed by atoms with Gasteiger partial charge in [-0.15, -0.1) is 11.3 Å². The minimum absolute atomic E-state index is 0.206. The van der Waals surface area contributed by atoms with E-state index in [1.165, 1.54) is 0 Å². The molecule has 0 saturated carbocycles. The first-order valence-electron chi connectivity index (χ1n) is 6.45. The molecule has 0 aliphatic rings. The Bertz CT molecular complexity index is 527. The van der Waals surface area contributed by atoms with Crippen molar-refractivity contribution in [2.75, 3.05) is 6.54 Å². The van der Waals surface area contributed by atoms with Gasteiger partial charge in [0.1, 0.15) is 0 Å². The molecule has 0 spiro atoms. The molecule has 0 aromatic carbocycles. The molecule has 2 aromatic heterocycles. The minimum atomic E-state index is 0.206. The molecular formula is C14H18BrN3S. The van der Waals surface area contributed by atoms with E-state index in [0.29, 0.717) is 0 Å². The largest absolute Gasteiger partial charge is 0.308 e. The Morgan fingerprint density at radius 3 is 2.95 bits per heavy atom. The van der Waals surface area contributed by atoms with Gasteiger partial charge in [-0.25, -0.2) is 4.98 Å². The Labute approximate surface area is 126 Å². The first-order valence-corrected chi connectivity index (χ1v) is 8.12. The molecule has 0 amide bonds. The van der Waals surface area contributed by atoms with Crippen LogP contribution in [0.3, 0.4) is 0 Å². The van der Waals surface area contributed by atoms with Crippen LogP contribution in [-0.4, -0.2) is 16.5 Å². The zero-order chi connectivity index (χ0) is 13.7. The first kappa shape index (κ1) is 14.6. The maximum atomic E-state index is 4.55. The Kier molecular flexibility index (Phi) is 5.48. The second-order valence-electron chi connectivity index (χ2n) is 4.44. The lowest BCUT2D eigenvalue weighted by Gasteiger charge is -2.18. The molecule has 0 saturated heterocycles. The Hall–Kier alpha value is -0.780. The van der Waals surface area contributed by atoms with Gasteiger partial charge < -0.3 is 5.32 Å². The van der Waals surface area contributed by atoms with Crippen molar-refractivity contribution in [3.63, 3.8) is 0 Å². The number of aromatic nitrogens is 2. The second kappa shape index (κ2) is 7.12. The smallest absolute Gasteiger partial charge is 0.0897 e. The summed E-state index contributed by atoms with van der Waals surface area (Å²) in [5, 5.41) is 6.80. The molecule has 3 nitrogen and oxygen atoms in total. The lowest BCUT2D eigenvalue weighted by molar-refractivity contribution is 0.512. The fourth-order valence-corrected chi connectivity index (χ4v) is 3.11. The summed E-state index contributed by atoms with van der Waals surface area (Å²) in [4.78, 5) is 9.05. The monoisotopic (exact) mass is 339 g/mol. The quantitative estimate of drug-likeness (QED) is 0.867. The van der Waals surface area contributed by atoms with Gasteiger partial charge in [0.15, 0.2) is 0 Å². The van der Waals surface area contributed by atoms with Crippen molar-refractivity contribution in [1.82, 2.24) is 15.3 Å². The average Bonchev–Trinajstić information content (AvgIpc) is 2.81. The fraction of sp³-hybridized carbons (Fsp3) is 0.429. The van der Waals surface area contributed by atoms with Gasteiger partial charge in [-0.05, 0) is 48.0 Å². The predicted molar refractivity (Wildman–Crippen MR) is 83.5 cm³/mol. The van der Waals surface area contributed by atoms with Crippen LogP contribution in [-0.2, 0) is 6.42 Å². The summed E-state index contributed by atoms with van der Waals surface area (Å²) in [5.41, 5.74) is 2.19. The molecule has 5 heteroatoms. The summed E-state index contributed by atoms with van der Waals surface area (Å²) >= 11 is 5.29. The Balaban J connectivity index is 2.18. The summed E-state index contributed by atoms with van der Waals surface area (Å²) in [7, 11) is 0. The number of aryl methyl sites for hydroxylation is 1. The van der Waals surface area contributed by atoms with E-state index in [0.717, 1.165) is 40.3 Å². The number of nitrogens with zero attached hydrogens (tertiary/aromatic N) is 2. The van der Waals surface area contributed by atoms with Crippen LogP contribution in [0.25, 0.3) is 0 Å². The van der Waals surface area contributed by atoms with Crippen LogP contribution in [0.5, 0.6) is 0 Å². The van der Waals surface area contributed by atoms with Crippen molar-refractivity contribution in [2.45, 2.75) is 32.7 Å². The van der Waals surface area contributed by atoms with Crippen LogP contribution in [0.15, 0.2) is 28.2 Å². The van der Waals surface area contributed by atoms with Gasteiger partial charge in [0.05, 0.1) is 22.4 Å². The summed E-state index contributed by atoms with van der Waals surface area (Å²) < 4.78 is 1.05. The number of nitrogens with one attached hydrogen (secondary N) is 1. The average molecular weight is 340 g/mol. The second-order valence-corrected chi connectivity index (χ2v) is 6.36. The maximum Gasteiger partial charge on any atom is 0.0897 e. The molecule has 2 heterocycles. The van der Waals surface area contributed by atoms with E-state index in [4.69, 9.17) is 0 Å². The highest BCUT2D eigenvalue weighted by Crippen LogP contribution is 2.24. The normalized spacial score (nSPS) is 12.6. The molecule has 0 aliphatic carbocycles. The van der Waals surface area contributed by atoms with Crippen molar-refractivity contribution in [3.05, 3.63) is 44.6 Å². The lowest BCUT2D eigenvalue weighted by Crippen LogP contribution is -2.25. The van der Waals surface area contributed by atoms with Crippen LogP contribution in [0, 0.1) is 6.92 Å². The topological polar surface area (TPSA) is 37.8 Å². The van der Waals surface area contributed by atoms with Crippen molar-refractivity contribution in [2.24, 2.45) is 0 Å². The highest BCUT2D eigenvalue weighted by atomic mass is 79.9. The Morgan fingerprint density at radius 2 is 2.32 bits per heavy atom. The van der Waals surface area contributed by atoms with Crippen LogP contribution in [0.1, 0.15) is 35.8 Å². The van der Waals surface area contributed by atoms with Gasteiger partial charge in [0.25, 0.3) is 0 Å². The number of halogens is 1. The molecule has 0 radical (unpaired) electrons. The molecule has 1 unspecified atom stereocenters. The number of pyridine rings is 1. The van der Waals surface area contributed by atoms with E-state index in [9.17, 15) is 0 Å².